The van der Waals surface area contributed by atoms with Crippen LogP contribution >= 0.6 is 0 Å². The molecule has 1 N–H and O–H groups in total. The second-order valence-electron chi connectivity index (χ2n) is 4.72. The number of hydrogen-bond donors (Lipinski definition) is 1. The number of rotatable bonds is 4. The minimum absolute atomic E-state index is 0.0373. The van der Waals surface area contributed by atoms with E-state index in [1.165, 1.54) is 6.92 Å². The molecule has 1 fully saturated rings. The highest BCUT2D eigenvalue weighted by Crippen LogP contribution is 2.35. The van der Waals surface area contributed by atoms with Crippen LogP contribution in [0.2, 0.25) is 0 Å². The van der Waals surface area contributed by atoms with Crippen molar-refractivity contribution in [2.75, 3.05) is 6.54 Å². The number of carbonyl (C=O) groups is 2. The van der Waals surface area contributed by atoms with E-state index in [4.69, 9.17) is 0 Å². The Labute approximate surface area is 105 Å². The Morgan fingerprint density at radius 2 is 2.11 bits per heavy atom. The molecule has 2 rings (SSSR count). The Kier molecular flexibility index (Phi) is 3.30. The minimum atomic E-state index is -1.19. The molecular formula is C13H15NO4. The molecule has 5 heteroatoms. The summed E-state index contributed by atoms with van der Waals surface area (Å²) in [6.45, 7) is 1.49. The number of aliphatic hydroxyl groups is 1. The van der Waals surface area contributed by atoms with Crippen LogP contribution in [0.4, 0.5) is 0 Å². The van der Waals surface area contributed by atoms with Gasteiger partial charge in [-0.05, 0) is 6.92 Å². The third-order valence-electron chi connectivity index (χ3n) is 3.50. The van der Waals surface area contributed by atoms with E-state index in [-0.39, 0.29) is 18.7 Å². The van der Waals surface area contributed by atoms with Gasteiger partial charge in [0.1, 0.15) is 0 Å². The van der Waals surface area contributed by atoms with Crippen LogP contribution in [-0.4, -0.2) is 40.6 Å². The third kappa shape index (κ3) is 1.96. The highest BCUT2D eigenvalue weighted by Gasteiger charge is 2.55. The smallest absolute Gasteiger partial charge is 0.302 e. The van der Waals surface area contributed by atoms with Crippen molar-refractivity contribution in [3.05, 3.63) is 41.1 Å². The normalized spacial score (nSPS) is 32.4. The van der Waals surface area contributed by atoms with Crippen LogP contribution in [0.15, 0.2) is 30.3 Å². The topological polar surface area (TPSA) is 77.4 Å². The predicted molar refractivity (Wildman–Crippen MR) is 64.3 cm³/mol. The van der Waals surface area contributed by atoms with Crippen LogP contribution in [0, 0.1) is 11.1 Å². The lowest BCUT2D eigenvalue weighted by Crippen LogP contribution is -2.72. The maximum absolute atomic E-state index is 12.2. The van der Waals surface area contributed by atoms with E-state index in [2.05, 4.69) is 0 Å². The fourth-order valence-electron chi connectivity index (χ4n) is 2.42. The van der Waals surface area contributed by atoms with E-state index in [9.17, 15) is 19.9 Å². The van der Waals surface area contributed by atoms with Crippen molar-refractivity contribution in [3.63, 3.8) is 0 Å². The molecule has 1 heterocycles. The molecule has 1 amide bonds. The Hall–Kier alpha value is -1.56. The van der Waals surface area contributed by atoms with Crippen LogP contribution in [-0.2, 0) is 4.79 Å². The SMILES string of the molecule is CC(O)[C@@H]1C[N@+]([O-])(C=O)[C@H]1C(=O)c1ccccc1. The van der Waals surface area contributed by atoms with Gasteiger partial charge >= 0.3 is 6.41 Å². The first-order chi connectivity index (χ1) is 8.49. The molecule has 1 aliphatic heterocycles. The Morgan fingerprint density at radius 3 is 2.61 bits per heavy atom. The van der Waals surface area contributed by atoms with Gasteiger partial charge in [-0.3, -0.25) is 9.44 Å². The number of benzene rings is 1. The van der Waals surface area contributed by atoms with Crippen molar-refractivity contribution in [1.82, 2.24) is 0 Å². The molecule has 0 radical (unpaired) electrons. The van der Waals surface area contributed by atoms with E-state index in [0.717, 1.165) is 0 Å². The van der Waals surface area contributed by atoms with Gasteiger partial charge in [-0.1, -0.05) is 30.3 Å². The van der Waals surface area contributed by atoms with Gasteiger partial charge in [-0.15, -0.1) is 0 Å². The second-order valence-corrected chi connectivity index (χ2v) is 4.72. The molecule has 1 aromatic carbocycles. The van der Waals surface area contributed by atoms with Crippen molar-refractivity contribution < 1.29 is 19.3 Å². The molecule has 4 atom stereocenters. The number of hydrogen-bond acceptors (Lipinski definition) is 4. The number of hydroxylamine groups is 3. The van der Waals surface area contributed by atoms with Crippen LogP contribution < -0.4 is 0 Å². The summed E-state index contributed by atoms with van der Waals surface area (Å²) in [4.78, 5) is 23.1. The molecule has 0 spiro atoms. The molecule has 0 saturated carbocycles. The van der Waals surface area contributed by atoms with Gasteiger partial charge in [0.25, 0.3) is 0 Å². The molecule has 1 aromatic rings. The first-order valence-electron chi connectivity index (χ1n) is 5.81. The van der Waals surface area contributed by atoms with Crippen LogP contribution in [0.5, 0.6) is 0 Å². The van der Waals surface area contributed by atoms with Crippen molar-refractivity contribution in [3.8, 4) is 0 Å². The Balaban J connectivity index is 2.29. The fourth-order valence-corrected chi connectivity index (χ4v) is 2.42. The summed E-state index contributed by atoms with van der Waals surface area (Å²) < 4.78 is -1.19. The van der Waals surface area contributed by atoms with Gasteiger partial charge in [0.15, 0.2) is 6.04 Å². The number of quaternary nitrogens is 1. The minimum Gasteiger partial charge on any atom is -0.625 e. The largest absolute Gasteiger partial charge is 0.625 e. The number of likely N-dealkylation sites (tertiary alicyclic amines) is 1. The summed E-state index contributed by atoms with van der Waals surface area (Å²) >= 11 is 0. The quantitative estimate of drug-likeness (QED) is 0.369. The van der Waals surface area contributed by atoms with E-state index in [0.29, 0.717) is 5.56 Å². The first kappa shape index (κ1) is 12.9. The maximum atomic E-state index is 12.2. The van der Waals surface area contributed by atoms with Crippen LogP contribution in [0.25, 0.3) is 0 Å². The highest BCUT2D eigenvalue weighted by atomic mass is 16.6. The van der Waals surface area contributed by atoms with Gasteiger partial charge < -0.3 is 10.3 Å². The molecule has 96 valence electrons. The molecule has 0 bridgehead atoms. The summed E-state index contributed by atoms with van der Waals surface area (Å²) in [6, 6.07) is 7.35. The second kappa shape index (κ2) is 4.61. The lowest BCUT2D eigenvalue weighted by Gasteiger charge is -2.55. The maximum Gasteiger partial charge on any atom is 0.302 e. The van der Waals surface area contributed by atoms with Gasteiger partial charge in [0, 0.05) is 5.56 Å². The average Bonchev–Trinajstić information content (AvgIpc) is 2.36. The monoisotopic (exact) mass is 249 g/mol. The van der Waals surface area contributed by atoms with Crippen molar-refractivity contribution in [2.24, 2.45) is 5.92 Å². The Bertz CT molecular complexity index is 459. The van der Waals surface area contributed by atoms with Gasteiger partial charge in [0.05, 0.1) is 18.6 Å². The summed E-state index contributed by atoms with van der Waals surface area (Å²) in [5.74, 6) is -0.838. The lowest BCUT2D eigenvalue weighted by atomic mass is 9.80. The average molecular weight is 249 g/mol. The van der Waals surface area contributed by atoms with E-state index < -0.39 is 22.7 Å². The first-order valence-corrected chi connectivity index (χ1v) is 5.81. The van der Waals surface area contributed by atoms with Gasteiger partial charge in [-0.25, -0.2) is 4.79 Å². The summed E-state index contributed by atoms with van der Waals surface area (Å²) in [5.41, 5.74) is 0.396. The van der Waals surface area contributed by atoms with Crippen LogP contribution in [0.3, 0.4) is 0 Å². The number of Topliss-reactive ketones (excluding diaryl/α,β-unsaturated/α-hetero) is 1. The van der Waals surface area contributed by atoms with E-state index in [1.54, 1.807) is 30.3 Å². The number of ketones is 1. The van der Waals surface area contributed by atoms with Crippen LogP contribution in [0.1, 0.15) is 17.3 Å². The summed E-state index contributed by atoms with van der Waals surface area (Å²) in [6.07, 6.45) is -0.535. The van der Waals surface area contributed by atoms with Crippen molar-refractivity contribution in [2.45, 2.75) is 19.1 Å². The zero-order chi connectivity index (χ0) is 13.3. The number of nitrogens with zero attached hydrogens (tertiary/aromatic N) is 1. The zero-order valence-corrected chi connectivity index (χ0v) is 10.0. The van der Waals surface area contributed by atoms with Gasteiger partial charge in [0.2, 0.25) is 5.78 Å². The third-order valence-corrected chi connectivity index (χ3v) is 3.50. The van der Waals surface area contributed by atoms with Gasteiger partial charge in [-0.2, -0.15) is 0 Å². The van der Waals surface area contributed by atoms with E-state index in [1.807, 2.05) is 0 Å². The number of aliphatic hydroxyl groups excluding tert-OH is 1. The highest BCUT2D eigenvalue weighted by molar-refractivity contribution is 6.00. The molecule has 0 aliphatic carbocycles. The number of amides is 1. The molecular weight excluding hydrogens is 234 g/mol. The number of carbonyl (C=O) groups excluding carboxylic acids is 2. The Morgan fingerprint density at radius 1 is 1.50 bits per heavy atom. The summed E-state index contributed by atoms with van der Waals surface area (Å²) in [5, 5.41) is 21.6. The molecule has 1 unspecified atom stereocenters. The molecule has 5 nitrogen and oxygen atoms in total. The molecule has 18 heavy (non-hydrogen) atoms. The molecule has 1 saturated heterocycles. The molecule has 1 aliphatic rings. The fraction of sp³-hybridized carbons (Fsp3) is 0.385. The van der Waals surface area contributed by atoms with E-state index >= 15 is 0 Å². The van der Waals surface area contributed by atoms with Crippen molar-refractivity contribution >= 4 is 12.2 Å². The lowest BCUT2D eigenvalue weighted by molar-refractivity contribution is -0.870. The standard InChI is InChI=1S/C13H15NO4/c1-9(16)11-7-14(18,8-15)12(11)13(17)10-5-3-2-4-6-10/h2-6,8-9,11-12,16H,7H2,1H3/t9?,11-,12+,14-/m0/s1. The zero-order valence-electron chi connectivity index (χ0n) is 10.0. The van der Waals surface area contributed by atoms with Crippen molar-refractivity contribution in [1.29, 1.82) is 0 Å². The molecule has 0 aromatic heterocycles. The predicted octanol–water partition coefficient (Wildman–Crippen LogP) is 0.719. The summed E-state index contributed by atoms with van der Waals surface area (Å²) in [7, 11) is 0.